The van der Waals surface area contributed by atoms with E-state index in [1.807, 2.05) is 5.38 Å². The van der Waals surface area contributed by atoms with Crippen molar-refractivity contribution in [3.63, 3.8) is 0 Å². The number of hydrogen-bond donors (Lipinski definition) is 1. The molecule has 1 aliphatic heterocycles. The summed E-state index contributed by atoms with van der Waals surface area (Å²) in [5.74, 6) is -0.995. The standard InChI is InChI=1S/C16H17FN2O2S/c1-16(15(20)21)6-7-19(10-16)8-13-9-22-14(18-13)11-2-4-12(17)5-3-11/h2-5,9H,6-8,10H2,1H3,(H,20,21). The number of thiazole rings is 1. The Balaban J connectivity index is 1.68. The maximum Gasteiger partial charge on any atom is 0.310 e. The highest BCUT2D eigenvalue weighted by Crippen LogP contribution is 2.32. The van der Waals surface area contributed by atoms with Gasteiger partial charge in [0, 0.05) is 24.0 Å². The van der Waals surface area contributed by atoms with Crippen molar-refractivity contribution in [2.45, 2.75) is 19.9 Å². The first-order chi connectivity index (χ1) is 10.5. The molecule has 3 rings (SSSR count). The van der Waals surface area contributed by atoms with Crippen molar-refractivity contribution >= 4 is 17.3 Å². The molecule has 0 bridgehead atoms. The first-order valence-corrected chi connectivity index (χ1v) is 8.00. The van der Waals surface area contributed by atoms with E-state index in [9.17, 15) is 14.3 Å². The maximum absolute atomic E-state index is 12.9. The first-order valence-electron chi connectivity index (χ1n) is 7.12. The summed E-state index contributed by atoms with van der Waals surface area (Å²) in [6, 6.07) is 6.29. The van der Waals surface area contributed by atoms with E-state index in [4.69, 9.17) is 0 Å². The summed E-state index contributed by atoms with van der Waals surface area (Å²) in [5, 5.41) is 12.1. The fourth-order valence-electron chi connectivity index (χ4n) is 2.70. The van der Waals surface area contributed by atoms with E-state index in [1.165, 1.54) is 23.5 Å². The van der Waals surface area contributed by atoms with Crippen molar-refractivity contribution in [1.29, 1.82) is 0 Å². The van der Waals surface area contributed by atoms with Gasteiger partial charge in [0.15, 0.2) is 0 Å². The minimum atomic E-state index is -0.736. The highest BCUT2D eigenvalue weighted by Gasteiger charge is 2.40. The lowest BCUT2D eigenvalue weighted by atomic mass is 9.90. The fraction of sp³-hybridized carbons (Fsp3) is 0.375. The molecule has 0 saturated carbocycles. The molecule has 116 valence electrons. The molecule has 4 nitrogen and oxygen atoms in total. The van der Waals surface area contributed by atoms with Gasteiger partial charge in [-0.3, -0.25) is 9.69 Å². The molecule has 6 heteroatoms. The van der Waals surface area contributed by atoms with E-state index < -0.39 is 11.4 Å². The summed E-state index contributed by atoms with van der Waals surface area (Å²) in [4.78, 5) is 18.0. The quantitative estimate of drug-likeness (QED) is 0.939. The van der Waals surface area contributed by atoms with Crippen LogP contribution in [0, 0.1) is 11.2 Å². The molecular weight excluding hydrogens is 303 g/mol. The van der Waals surface area contributed by atoms with Gasteiger partial charge in [0.2, 0.25) is 0 Å². The summed E-state index contributed by atoms with van der Waals surface area (Å²) in [6.45, 7) is 3.76. The van der Waals surface area contributed by atoms with Crippen LogP contribution in [0.25, 0.3) is 10.6 Å². The Kier molecular flexibility index (Phi) is 3.97. The zero-order valence-corrected chi connectivity index (χ0v) is 13.1. The van der Waals surface area contributed by atoms with Crippen molar-refractivity contribution in [1.82, 2.24) is 9.88 Å². The summed E-state index contributed by atoms with van der Waals surface area (Å²) in [6.07, 6.45) is 0.664. The molecular formula is C16H17FN2O2S. The number of rotatable bonds is 4. The van der Waals surface area contributed by atoms with Crippen LogP contribution in [0.2, 0.25) is 0 Å². The van der Waals surface area contributed by atoms with Crippen LogP contribution in [0.1, 0.15) is 19.0 Å². The van der Waals surface area contributed by atoms with Gasteiger partial charge in [0.05, 0.1) is 11.1 Å². The van der Waals surface area contributed by atoms with E-state index in [2.05, 4.69) is 9.88 Å². The van der Waals surface area contributed by atoms with Gasteiger partial charge in [-0.25, -0.2) is 9.37 Å². The Morgan fingerprint density at radius 2 is 2.18 bits per heavy atom. The molecule has 2 aromatic rings. The largest absolute Gasteiger partial charge is 0.481 e. The second-order valence-electron chi connectivity index (χ2n) is 5.98. The average molecular weight is 320 g/mol. The van der Waals surface area contributed by atoms with E-state index >= 15 is 0 Å². The number of benzene rings is 1. The molecule has 1 aromatic carbocycles. The number of aromatic nitrogens is 1. The molecule has 1 saturated heterocycles. The predicted octanol–water partition coefficient (Wildman–Crippen LogP) is 3.25. The van der Waals surface area contributed by atoms with E-state index in [-0.39, 0.29) is 5.82 Å². The Morgan fingerprint density at radius 1 is 1.45 bits per heavy atom. The normalized spacial score (nSPS) is 22.1. The maximum atomic E-state index is 12.9. The summed E-state index contributed by atoms with van der Waals surface area (Å²) >= 11 is 1.52. The van der Waals surface area contributed by atoms with Crippen LogP contribution in [0.5, 0.6) is 0 Å². The molecule has 1 fully saturated rings. The molecule has 1 aromatic heterocycles. The Bertz CT molecular complexity index is 686. The van der Waals surface area contributed by atoms with Gasteiger partial charge in [-0.15, -0.1) is 11.3 Å². The van der Waals surface area contributed by atoms with Gasteiger partial charge >= 0.3 is 5.97 Å². The third kappa shape index (κ3) is 3.03. The average Bonchev–Trinajstić information content (AvgIpc) is 3.08. The number of hydrogen-bond acceptors (Lipinski definition) is 4. The monoisotopic (exact) mass is 320 g/mol. The number of halogens is 1. The molecule has 1 atom stereocenters. The van der Waals surface area contributed by atoms with Crippen LogP contribution in [-0.2, 0) is 11.3 Å². The van der Waals surface area contributed by atoms with Gasteiger partial charge in [-0.2, -0.15) is 0 Å². The number of carboxylic acids is 1. The summed E-state index contributed by atoms with van der Waals surface area (Å²) in [7, 11) is 0. The Labute approximate surface area is 132 Å². The summed E-state index contributed by atoms with van der Waals surface area (Å²) < 4.78 is 12.9. The Hall–Kier alpha value is -1.79. The molecule has 22 heavy (non-hydrogen) atoms. The number of likely N-dealkylation sites (tertiary alicyclic amines) is 1. The third-order valence-corrected chi connectivity index (χ3v) is 5.04. The van der Waals surface area contributed by atoms with Crippen LogP contribution < -0.4 is 0 Å². The number of aliphatic carboxylic acids is 1. The van der Waals surface area contributed by atoms with Crippen molar-refractivity contribution in [2.24, 2.45) is 5.41 Å². The van der Waals surface area contributed by atoms with E-state index in [0.717, 1.165) is 22.8 Å². The molecule has 2 heterocycles. The topological polar surface area (TPSA) is 53.4 Å². The molecule has 1 N–H and O–H groups in total. The minimum absolute atomic E-state index is 0.259. The van der Waals surface area contributed by atoms with E-state index in [1.54, 1.807) is 19.1 Å². The minimum Gasteiger partial charge on any atom is -0.481 e. The Morgan fingerprint density at radius 3 is 2.82 bits per heavy atom. The number of nitrogens with zero attached hydrogens (tertiary/aromatic N) is 2. The van der Waals surface area contributed by atoms with Crippen molar-refractivity contribution in [2.75, 3.05) is 13.1 Å². The summed E-state index contributed by atoms with van der Waals surface area (Å²) in [5.41, 5.74) is 1.17. The van der Waals surface area contributed by atoms with Crippen LogP contribution in [0.4, 0.5) is 4.39 Å². The molecule has 1 aliphatic rings. The molecule has 0 radical (unpaired) electrons. The number of carboxylic acid groups (broad SMARTS) is 1. The smallest absolute Gasteiger partial charge is 0.310 e. The van der Waals surface area contributed by atoms with Crippen LogP contribution >= 0.6 is 11.3 Å². The van der Waals surface area contributed by atoms with Gasteiger partial charge < -0.3 is 5.11 Å². The lowest BCUT2D eigenvalue weighted by Gasteiger charge is -2.19. The van der Waals surface area contributed by atoms with Gasteiger partial charge in [0.1, 0.15) is 10.8 Å². The fourth-order valence-corrected chi connectivity index (χ4v) is 3.52. The van der Waals surface area contributed by atoms with Crippen molar-refractivity contribution in [3.05, 3.63) is 41.2 Å². The number of carbonyl (C=O) groups is 1. The van der Waals surface area contributed by atoms with Crippen molar-refractivity contribution < 1.29 is 14.3 Å². The lowest BCUT2D eigenvalue weighted by Crippen LogP contribution is -2.31. The highest BCUT2D eigenvalue weighted by molar-refractivity contribution is 7.13. The van der Waals surface area contributed by atoms with Gasteiger partial charge in [-0.1, -0.05) is 0 Å². The predicted molar refractivity (Wildman–Crippen MR) is 83.1 cm³/mol. The van der Waals surface area contributed by atoms with Crippen LogP contribution in [-0.4, -0.2) is 34.0 Å². The molecule has 1 unspecified atom stereocenters. The molecule has 0 aliphatic carbocycles. The van der Waals surface area contributed by atoms with Crippen LogP contribution in [0.15, 0.2) is 29.6 Å². The van der Waals surface area contributed by atoms with Crippen molar-refractivity contribution in [3.8, 4) is 10.6 Å². The highest BCUT2D eigenvalue weighted by atomic mass is 32.1. The lowest BCUT2D eigenvalue weighted by molar-refractivity contribution is -0.147. The van der Waals surface area contributed by atoms with Gasteiger partial charge in [-0.05, 0) is 44.2 Å². The second-order valence-corrected chi connectivity index (χ2v) is 6.84. The zero-order valence-electron chi connectivity index (χ0n) is 12.3. The van der Waals surface area contributed by atoms with Gasteiger partial charge in [0.25, 0.3) is 0 Å². The zero-order chi connectivity index (χ0) is 15.7. The first kappa shape index (κ1) is 15.1. The van der Waals surface area contributed by atoms with E-state index in [0.29, 0.717) is 19.5 Å². The van der Waals surface area contributed by atoms with Crippen LogP contribution in [0.3, 0.4) is 0 Å². The molecule has 0 spiro atoms. The SMILES string of the molecule is CC1(C(=O)O)CCN(Cc2csc(-c3ccc(F)cc3)n2)C1. The third-order valence-electron chi connectivity index (χ3n) is 4.10. The second kappa shape index (κ2) is 5.78. The molecule has 0 amide bonds.